The first-order valence-corrected chi connectivity index (χ1v) is 8.99. The van der Waals surface area contributed by atoms with Gasteiger partial charge in [-0.2, -0.15) is 0 Å². The minimum atomic E-state index is -0.0226. The zero-order valence-electron chi connectivity index (χ0n) is 14.4. The van der Waals surface area contributed by atoms with Crippen LogP contribution in [0.3, 0.4) is 0 Å². The molecule has 0 aliphatic carbocycles. The van der Waals surface area contributed by atoms with Crippen molar-refractivity contribution in [2.75, 3.05) is 31.9 Å². The monoisotopic (exact) mass is 329 g/mol. The SMILES string of the molecule is CC1CCCN(C(=O)C2CCN(C(=O)c3ccccc3N)CC2)C1. The molecule has 2 saturated heterocycles. The maximum Gasteiger partial charge on any atom is 0.255 e. The van der Waals surface area contributed by atoms with Crippen LogP contribution in [0.15, 0.2) is 24.3 Å². The average molecular weight is 329 g/mol. The summed E-state index contributed by atoms with van der Waals surface area (Å²) in [6.45, 7) is 5.26. The highest BCUT2D eigenvalue weighted by atomic mass is 16.2. The fourth-order valence-corrected chi connectivity index (χ4v) is 3.84. The molecule has 5 heteroatoms. The third-order valence-corrected chi connectivity index (χ3v) is 5.29. The molecule has 5 nitrogen and oxygen atoms in total. The highest BCUT2D eigenvalue weighted by Gasteiger charge is 2.32. The summed E-state index contributed by atoms with van der Waals surface area (Å²) in [7, 11) is 0. The van der Waals surface area contributed by atoms with Crippen LogP contribution in [-0.2, 0) is 4.79 Å². The molecule has 2 aliphatic heterocycles. The van der Waals surface area contributed by atoms with Crippen LogP contribution >= 0.6 is 0 Å². The number of nitrogens with zero attached hydrogens (tertiary/aromatic N) is 2. The summed E-state index contributed by atoms with van der Waals surface area (Å²) >= 11 is 0. The second-order valence-electron chi connectivity index (χ2n) is 7.19. The highest BCUT2D eigenvalue weighted by Crippen LogP contribution is 2.25. The van der Waals surface area contributed by atoms with Gasteiger partial charge in [0.05, 0.1) is 5.56 Å². The number of hydrogen-bond acceptors (Lipinski definition) is 3. The van der Waals surface area contributed by atoms with Crippen LogP contribution < -0.4 is 5.73 Å². The Bertz CT molecular complexity index is 608. The normalized spacial score (nSPS) is 22.5. The second-order valence-corrected chi connectivity index (χ2v) is 7.19. The molecule has 2 heterocycles. The molecule has 0 saturated carbocycles. The lowest BCUT2D eigenvalue weighted by Crippen LogP contribution is -2.47. The molecule has 2 N–H and O–H groups in total. The van der Waals surface area contributed by atoms with E-state index in [0.717, 1.165) is 32.4 Å². The maximum atomic E-state index is 12.7. The maximum absolute atomic E-state index is 12.7. The molecule has 2 aliphatic rings. The van der Waals surface area contributed by atoms with Gasteiger partial charge < -0.3 is 15.5 Å². The highest BCUT2D eigenvalue weighted by molar-refractivity contribution is 5.99. The molecule has 1 aromatic rings. The summed E-state index contributed by atoms with van der Waals surface area (Å²) in [5.41, 5.74) is 6.98. The molecule has 0 spiro atoms. The van der Waals surface area contributed by atoms with Gasteiger partial charge in [-0.25, -0.2) is 0 Å². The Morgan fingerprint density at radius 2 is 1.75 bits per heavy atom. The second kappa shape index (κ2) is 7.24. The summed E-state index contributed by atoms with van der Waals surface area (Å²) < 4.78 is 0. The average Bonchev–Trinajstić information content (AvgIpc) is 2.61. The molecule has 130 valence electrons. The molecule has 24 heavy (non-hydrogen) atoms. The summed E-state index contributed by atoms with van der Waals surface area (Å²) in [5.74, 6) is 0.927. The predicted octanol–water partition coefficient (Wildman–Crippen LogP) is 2.38. The van der Waals surface area contributed by atoms with Gasteiger partial charge in [-0.15, -0.1) is 0 Å². The van der Waals surface area contributed by atoms with Crippen LogP contribution in [-0.4, -0.2) is 47.8 Å². The lowest BCUT2D eigenvalue weighted by molar-refractivity contribution is -0.138. The molecule has 2 amide bonds. The van der Waals surface area contributed by atoms with E-state index in [1.165, 1.54) is 6.42 Å². The van der Waals surface area contributed by atoms with Crippen LogP contribution in [0.25, 0.3) is 0 Å². The molecular formula is C19H27N3O2. The first-order valence-electron chi connectivity index (χ1n) is 8.99. The smallest absolute Gasteiger partial charge is 0.255 e. The number of likely N-dealkylation sites (tertiary alicyclic amines) is 2. The fraction of sp³-hybridized carbons (Fsp3) is 0.579. The first kappa shape index (κ1) is 16.8. The minimum absolute atomic E-state index is 0.0226. The lowest BCUT2D eigenvalue weighted by atomic mass is 9.92. The molecule has 0 radical (unpaired) electrons. The third kappa shape index (κ3) is 3.55. The number of rotatable bonds is 2. The molecule has 1 atom stereocenters. The molecule has 2 fully saturated rings. The van der Waals surface area contributed by atoms with Crippen molar-refractivity contribution in [1.29, 1.82) is 0 Å². The molecular weight excluding hydrogens is 302 g/mol. The van der Waals surface area contributed by atoms with E-state index in [-0.39, 0.29) is 17.7 Å². The number of benzene rings is 1. The number of hydrogen-bond donors (Lipinski definition) is 1. The van der Waals surface area contributed by atoms with Gasteiger partial charge in [0.25, 0.3) is 5.91 Å². The van der Waals surface area contributed by atoms with E-state index in [1.54, 1.807) is 12.1 Å². The van der Waals surface area contributed by atoms with Crippen LogP contribution in [0.5, 0.6) is 0 Å². The van der Waals surface area contributed by atoms with Crippen LogP contribution in [0, 0.1) is 11.8 Å². The van der Waals surface area contributed by atoms with Gasteiger partial charge in [0, 0.05) is 37.8 Å². The van der Waals surface area contributed by atoms with Crippen molar-refractivity contribution in [2.24, 2.45) is 11.8 Å². The van der Waals surface area contributed by atoms with E-state index >= 15 is 0 Å². The Morgan fingerprint density at radius 3 is 2.42 bits per heavy atom. The van der Waals surface area contributed by atoms with Crippen molar-refractivity contribution in [1.82, 2.24) is 9.80 Å². The number of para-hydroxylation sites is 1. The van der Waals surface area contributed by atoms with Gasteiger partial charge in [0.1, 0.15) is 0 Å². The number of amides is 2. The minimum Gasteiger partial charge on any atom is -0.398 e. The summed E-state index contributed by atoms with van der Waals surface area (Å²) in [4.78, 5) is 29.2. The summed E-state index contributed by atoms with van der Waals surface area (Å²) in [6.07, 6.45) is 3.83. The number of carbonyl (C=O) groups is 2. The number of carbonyl (C=O) groups excluding carboxylic acids is 2. The standard InChI is InChI=1S/C19H27N3O2/c1-14-5-4-10-22(13-14)18(23)15-8-11-21(12-9-15)19(24)16-6-2-3-7-17(16)20/h2-3,6-7,14-15H,4-5,8-13,20H2,1H3. The zero-order chi connectivity index (χ0) is 17.1. The largest absolute Gasteiger partial charge is 0.398 e. The van der Waals surface area contributed by atoms with E-state index in [1.807, 2.05) is 21.9 Å². The Morgan fingerprint density at radius 1 is 1.04 bits per heavy atom. The molecule has 0 aromatic heterocycles. The molecule has 1 aromatic carbocycles. The van der Waals surface area contributed by atoms with Crippen molar-refractivity contribution in [3.63, 3.8) is 0 Å². The van der Waals surface area contributed by atoms with Crippen molar-refractivity contribution >= 4 is 17.5 Å². The molecule has 3 rings (SSSR count). The molecule has 1 unspecified atom stereocenters. The van der Waals surface area contributed by atoms with Crippen molar-refractivity contribution in [3.8, 4) is 0 Å². The van der Waals surface area contributed by atoms with Crippen molar-refractivity contribution in [2.45, 2.75) is 32.6 Å². The number of piperidine rings is 2. The van der Waals surface area contributed by atoms with Crippen LogP contribution in [0.4, 0.5) is 5.69 Å². The van der Waals surface area contributed by atoms with Crippen LogP contribution in [0.1, 0.15) is 43.0 Å². The first-order chi connectivity index (χ1) is 11.6. The Hall–Kier alpha value is -2.04. The van der Waals surface area contributed by atoms with E-state index in [2.05, 4.69) is 6.92 Å². The Kier molecular flexibility index (Phi) is 5.07. The van der Waals surface area contributed by atoms with E-state index in [0.29, 0.717) is 30.3 Å². The summed E-state index contributed by atoms with van der Waals surface area (Å²) in [5, 5.41) is 0. The van der Waals surface area contributed by atoms with E-state index in [9.17, 15) is 9.59 Å². The third-order valence-electron chi connectivity index (χ3n) is 5.29. The van der Waals surface area contributed by atoms with Gasteiger partial charge in [0.2, 0.25) is 5.91 Å². The topological polar surface area (TPSA) is 66.6 Å². The zero-order valence-corrected chi connectivity index (χ0v) is 14.4. The Balaban J connectivity index is 1.56. The van der Waals surface area contributed by atoms with Crippen molar-refractivity contribution in [3.05, 3.63) is 29.8 Å². The van der Waals surface area contributed by atoms with Crippen molar-refractivity contribution < 1.29 is 9.59 Å². The van der Waals surface area contributed by atoms with E-state index < -0.39 is 0 Å². The summed E-state index contributed by atoms with van der Waals surface area (Å²) in [6, 6.07) is 7.18. The van der Waals surface area contributed by atoms with Gasteiger partial charge >= 0.3 is 0 Å². The molecule has 0 bridgehead atoms. The van der Waals surface area contributed by atoms with Gasteiger partial charge in [-0.05, 0) is 43.7 Å². The quantitative estimate of drug-likeness (QED) is 0.847. The number of nitrogen functional groups attached to an aromatic ring is 1. The lowest BCUT2D eigenvalue weighted by Gasteiger charge is -2.37. The number of anilines is 1. The number of nitrogens with two attached hydrogens (primary N) is 1. The van der Waals surface area contributed by atoms with E-state index in [4.69, 9.17) is 5.73 Å². The fourth-order valence-electron chi connectivity index (χ4n) is 3.84. The Labute approximate surface area is 143 Å². The predicted molar refractivity (Wildman–Crippen MR) is 94.5 cm³/mol. The van der Waals surface area contributed by atoms with Gasteiger partial charge in [0.15, 0.2) is 0 Å². The van der Waals surface area contributed by atoms with Crippen LogP contribution in [0.2, 0.25) is 0 Å². The van der Waals surface area contributed by atoms with Gasteiger partial charge in [-0.3, -0.25) is 9.59 Å². The van der Waals surface area contributed by atoms with Gasteiger partial charge in [-0.1, -0.05) is 19.1 Å².